The zero-order chi connectivity index (χ0) is 13.3. The molecule has 2 aromatic carbocycles. The molecule has 1 aliphatic rings. The summed E-state index contributed by atoms with van der Waals surface area (Å²) in [6.07, 6.45) is 5.52. The van der Waals surface area contributed by atoms with E-state index in [0.717, 1.165) is 6.42 Å². The van der Waals surface area contributed by atoms with Crippen LogP contribution in [0.3, 0.4) is 0 Å². The van der Waals surface area contributed by atoms with Crippen LogP contribution >= 0.6 is 0 Å². The van der Waals surface area contributed by atoms with Gasteiger partial charge in [0.25, 0.3) is 0 Å². The summed E-state index contributed by atoms with van der Waals surface area (Å²) in [6.45, 7) is 11.0. The van der Waals surface area contributed by atoms with Crippen molar-refractivity contribution in [2.24, 2.45) is 0 Å². The molecule has 0 unspecified atom stereocenters. The van der Waals surface area contributed by atoms with E-state index in [0.29, 0.717) is 0 Å². The van der Waals surface area contributed by atoms with Crippen molar-refractivity contribution in [3.05, 3.63) is 63.2 Å². The minimum atomic E-state index is 0. The fraction of sp³-hybridized carbons (Fsp3) is 0.333. The molecule has 0 bridgehead atoms. The summed E-state index contributed by atoms with van der Waals surface area (Å²) in [6, 6.07) is 6.43. The molecule has 0 spiro atoms. The van der Waals surface area contributed by atoms with Crippen molar-refractivity contribution in [3.63, 3.8) is 0 Å². The average Bonchev–Trinajstić information content (AvgIpc) is 3.01. The largest absolute Gasteiger partial charge is 0.196 e. The minimum absolute atomic E-state index is 0. The van der Waals surface area contributed by atoms with Crippen LogP contribution in [0.1, 0.15) is 38.9 Å². The van der Waals surface area contributed by atoms with E-state index in [1.54, 1.807) is 0 Å². The first kappa shape index (κ1) is 16.0. The smallest absolute Gasteiger partial charge is 0 e. The van der Waals surface area contributed by atoms with Gasteiger partial charge >= 0.3 is 0 Å². The van der Waals surface area contributed by atoms with Gasteiger partial charge in [-0.3, -0.25) is 0 Å². The van der Waals surface area contributed by atoms with Gasteiger partial charge in [-0.05, 0) is 0 Å². The first-order valence-electron chi connectivity index (χ1n) is 6.63. The quantitative estimate of drug-likeness (QED) is 0.478. The monoisotopic (exact) mass is 294 g/mol. The zero-order valence-corrected chi connectivity index (χ0v) is 13.6. The second-order valence-corrected chi connectivity index (χ2v) is 5.24. The van der Waals surface area contributed by atoms with Crippen LogP contribution in [0.4, 0.5) is 0 Å². The molecule has 1 heteroatoms. The number of fused-ring (bicyclic) bond motifs is 1. The number of hydrogen-bond donors (Lipinski definition) is 0. The molecule has 2 aromatic rings. The van der Waals surface area contributed by atoms with E-state index in [4.69, 9.17) is 0 Å². The summed E-state index contributed by atoms with van der Waals surface area (Å²) in [4.78, 5) is 0. The molecule has 0 amide bonds. The molecule has 0 radical (unpaired) electrons. The van der Waals surface area contributed by atoms with Gasteiger partial charge in [0.05, 0.1) is 0 Å². The van der Waals surface area contributed by atoms with E-state index in [-0.39, 0.29) is 17.1 Å². The van der Waals surface area contributed by atoms with E-state index in [1.165, 1.54) is 38.9 Å². The predicted octanol–water partition coefficient (Wildman–Crippen LogP) is 4.92. The Morgan fingerprint density at radius 2 is 1.58 bits per heavy atom. The molecular formula is C18H22Fe-2. The molecule has 104 valence electrons. The van der Waals surface area contributed by atoms with Crippen LogP contribution in [0, 0.1) is 34.6 Å². The number of hydrogen-bond acceptors (Lipinski definition) is 0. The SMILES string of the molecule is C1=Cc2ccc[c-]2C1.Cc1c(C)c(C)[c-](C)c1C.[Fe]. The third kappa shape index (κ3) is 3.11. The van der Waals surface area contributed by atoms with Crippen molar-refractivity contribution in [1.29, 1.82) is 0 Å². The second-order valence-electron chi connectivity index (χ2n) is 5.24. The third-order valence-corrected chi connectivity index (χ3v) is 4.39. The molecule has 3 rings (SSSR count). The Balaban J connectivity index is 0.000000183. The zero-order valence-electron chi connectivity index (χ0n) is 12.4. The molecule has 0 N–H and O–H groups in total. The van der Waals surface area contributed by atoms with Gasteiger partial charge in [-0.1, -0.05) is 41.0 Å². The molecular weight excluding hydrogens is 272 g/mol. The van der Waals surface area contributed by atoms with Crippen LogP contribution in [0.5, 0.6) is 0 Å². The average molecular weight is 294 g/mol. The first-order chi connectivity index (χ1) is 8.52. The van der Waals surface area contributed by atoms with Gasteiger partial charge in [0.1, 0.15) is 0 Å². The van der Waals surface area contributed by atoms with Crippen LogP contribution < -0.4 is 0 Å². The van der Waals surface area contributed by atoms with Crippen molar-refractivity contribution < 1.29 is 17.1 Å². The summed E-state index contributed by atoms with van der Waals surface area (Å²) in [5.41, 5.74) is 10.2. The Hall–Kier alpha value is -1.04. The van der Waals surface area contributed by atoms with Crippen molar-refractivity contribution in [2.45, 2.75) is 41.0 Å². The second kappa shape index (κ2) is 6.41. The Morgan fingerprint density at radius 1 is 1.00 bits per heavy atom. The molecule has 0 aliphatic heterocycles. The van der Waals surface area contributed by atoms with Gasteiger partial charge in [-0.25, -0.2) is 0 Å². The number of allylic oxidation sites excluding steroid dienone is 1. The van der Waals surface area contributed by atoms with Crippen LogP contribution in [-0.4, -0.2) is 0 Å². The molecule has 1 aliphatic carbocycles. The van der Waals surface area contributed by atoms with Crippen molar-refractivity contribution in [3.8, 4) is 0 Å². The van der Waals surface area contributed by atoms with E-state index in [1.807, 2.05) is 0 Å². The summed E-state index contributed by atoms with van der Waals surface area (Å²) in [7, 11) is 0. The first-order valence-corrected chi connectivity index (χ1v) is 6.63. The summed E-state index contributed by atoms with van der Waals surface area (Å²) < 4.78 is 0. The van der Waals surface area contributed by atoms with Crippen LogP contribution in [0.25, 0.3) is 6.08 Å². The molecule has 0 saturated carbocycles. The minimum Gasteiger partial charge on any atom is -0.196 e. The molecule has 0 saturated heterocycles. The predicted molar refractivity (Wildman–Crippen MR) is 80.5 cm³/mol. The van der Waals surface area contributed by atoms with Gasteiger partial charge in [-0.15, -0.1) is 17.7 Å². The van der Waals surface area contributed by atoms with Crippen LogP contribution in [-0.2, 0) is 23.5 Å². The molecule has 19 heavy (non-hydrogen) atoms. The van der Waals surface area contributed by atoms with Gasteiger partial charge in [0.2, 0.25) is 0 Å². The van der Waals surface area contributed by atoms with Crippen molar-refractivity contribution in [1.82, 2.24) is 0 Å². The Bertz CT molecular complexity index is 499. The van der Waals surface area contributed by atoms with Gasteiger partial charge in [-0.2, -0.15) is 51.6 Å². The van der Waals surface area contributed by atoms with E-state index in [9.17, 15) is 0 Å². The maximum atomic E-state index is 2.20. The van der Waals surface area contributed by atoms with Gasteiger partial charge in [0, 0.05) is 17.1 Å². The topological polar surface area (TPSA) is 0 Å². The van der Waals surface area contributed by atoms with Gasteiger partial charge < -0.3 is 0 Å². The molecule has 0 aromatic heterocycles. The Morgan fingerprint density at radius 3 is 2.00 bits per heavy atom. The molecule has 0 atom stereocenters. The van der Waals surface area contributed by atoms with Crippen molar-refractivity contribution >= 4 is 6.08 Å². The standard InChI is InChI=1S/C10H15.C8H7.Fe/c1-6-7(2)9(4)10(5)8(6)3;1-3-7-5-2-6-8(7)4-1;/h1-5H3;1-5H,6H2;/q2*-1;. The summed E-state index contributed by atoms with van der Waals surface area (Å²) >= 11 is 0. The maximum Gasteiger partial charge on any atom is 0 e. The Labute approximate surface area is 127 Å². The van der Waals surface area contributed by atoms with E-state index < -0.39 is 0 Å². The van der Waals surface area contributed by atoms with Crippen molar-refractivity contribution in [2.75, 3.05) is 0 Å². The van der Waals surface area contributed by atoms with E-state index in [2.05, 4.69) is 65.0 Å². The van der Waals surface area contributed by atoms with Crippen LogP contribution in [0.2, 0.25) is 0 Å². The molecule has 0 nitrogen and oxygen atoms in total. The molecule has 0 heterocycles. The molecule has 0 fully saturated rings. The van der Waals surface area contributed by atoms with E-state index >= 15 is 0 Å². The summed E-state index contributed by atoms with van der Waals surface area (Å²) in [5.74, 6) is 0. The maximum absolute atomic E-state index is 2.20. The normalized spacial score (nSPS) is 11.6. The van der Waals surface area contributed by atoms with Gasteiger partial charge in [0.15, 0.2) is 0 Å². The van der Waals surface area contributed by atoms with Crippen LogP contribution in [0.15, 0.2) is 24.3 Å². The fourth-order valence-corrected chi connectivity index (χ4v) is 2.54. The summed E-state index contributed by atoms with van der Waals surface area (Å²) in [5, 5.41) is 0. The number of rotatable bonds is 0. The Kier molecular flexibility index (Phi) is 5.40. The fourth-order valence-electron chi connectivity index (χ4n) is 2.54. The third-order valence-electron chi connectivity index (χ3n) is 4.39.